The Kier molecular flexibility index (Phi) is 4.17. The van der Waals surface area contributed by atoms with E-state index in [9.17, 15) is 14.7 Å². The second-order valence-electron chi connectivity index (χ2n) is 7.15. The number of carbonyl (C=O) groups is 2. The van der Waals surface area contributed by atoms with Gasteiger partial charge in [0.15, 0.2) is 11.6 Å². The molecule has 0 bridgehead atoms. The molecule has 0 fully saturated rings. The van der Waals surface area contributed by atoms with E-state index in [-0.39, 0.29) is 23.7 Å². The fraction of sp³-hybridized carbons (Fsp3) is 0.250. The number of nitrogens with zero attached hydrogens (tertiary/aromatic N) is 2. The fourth-order valence-electron chi connectivity index (χ4n) is 2.57. The Hall–Kier alpha value is -2.95. The predicted molar refractivity (Wildman–Crippen MR) is 95.1 cm³/mol. The quantitative estimate of drug-likeness (QED) is 0.738. The summed E-state index contributed by atoms with van der Waals surface area (Å²) in [5.41, 5.74) is 1.99. The highest BCUT2D eigenvalue weighted by Gasteiger charge is 2.25. The molecule has 0 radical (unpaired) electrons. The average molecular weight is 336 g/mol. The van der Waals surface area contributed by atoms with E-state index in [1.165, 1.54) is 12.1 Å². The van der Waals surface area contributed by atoms with Crippen LogP contribution in [0, 0.1) is 5.41 Å². The highest BCUT2D eigenvalue weighted by Crippen LogP contribution is 2.21. The predicted octanol–water partition coefficient (Wildman–Crippen LogP) is 3.69. The van der Waals surface area contributed by atoms with Gasteiger partial charge in [-0.05, 0) is 35.9 Å². The molecule has 1 aromatic carbocycles. The first-order valence-electron chi connectivity index (χ1n) is 8.09. The molecule has 0 amide bonds. The molecule has 3 aromatic rings. The number of fused-ring (bicyclic) bond motifs is 1. The third-order valence-electron chi connectivity index (χ3n) is 3.98. The lowest BCUT2D eigenvalue weighted by atomic mass is 9.89. The Morgan fingerprint density at radius 2 is 1.72 bits per heavy atom. The van der Waals surface area contributed by atoms with Gasteiger partial charge in [0.05, 0.1) is 0 Å². The summed E-state index contributed by atoms with van der Waals surface area (Å²) in [6, 6.07) is 9.85. The molecule has 128 valence electrons. The molecule has 2 heterocycles. The molecule has 5 heteroatoms. The minimum absolute atomic E-state index is 0.0158. The Labute approximate surface area is 145 Å². The lowest BCUT2D eigenvalue weighted by molar-refractivity contribution is 0.0853. The van der Waals surface area contributed by atoms with Gasteiger partial charge in [-0.25, -0.2) is 4.98 Å². The number of carbonyl (C=O) groups excluding carboxylic acids is 2. The number of ketones is 2. The first-order chi connectivity index (χ1) is 11.7. The number of pyridine rings is 1. The highest BCUT2D eigenvalue weighted by molar-refractivity contribution is 5.99. The molecule has 0 aliphatic rings. The molecule has 3 rings (SSSR count). The molecule has 0 spiro atoms. The van der Waals surface area contributed by atoms with E-state index >= 15 is 0 Å². The van der Waals surface area contributed by atoms with Crippen LogP contribution in [0.15, 0.2) is 48.8 Å². The van der Waals surface area contributed by atoms with Gasteiger partial charge in [0, 0.05) is 29.8 Å². The molecule has 0 atom stereocenters. The Bertz CT molecular complexity index is 947. The van der Waals surface area contributed by atoms with Crippen LogP contribution in [0.25, 0.3) is 5.65 Å². The maximum absolute atomic E-state index is 12.4. The van der Waals surface area contributed by atoms with Crippen molar-refractivity contribution in [2.24, 2.45) is 5.41 Å². The minimum atomic E-state index is -0.490. The van der Waals surface area contributed by atoms with Gasteiger partial charge in [-0.15, -0.1) is 0 Å². The van der Waals surface area contributed by atoms with Gasteiger partial charge in [0.25, 0.3) is 0 Å². The van der Waals surface area contributed by atoms with Crippen LogP contribution in [0.3, 0.4) is 0 Å². The maximum Gasteiger partial charge on any atom is 0.188 e. The van der Waals surface area contributed by atoms with Crippen molar-refractivity contribution in [2.45, 2.75) is 27.2 Å². The van der Waals surface area contributed by atoms with Gasteiger partial charge in [-0.3, -0.25) is 9.59 Å². The summed E-state index contributed by atoms with van der Waals surface area (Å²) >= 11 is 0. The standard InChI is InChI=1S/C20H20N2O3/c1-20(2,3)19(25)16-12-22-11-13(4-9-18(22)21-16)10-17(24)14-5-7-15(23)8-6-14/h4-9,11-12,23H,10H2,1-3H3. The van der Waals surface area contributed by atoms with Gasteiger partial charge in [0.1, 0.15) is 17.1 Å². The van der Waals surface area contributed by atoms with Crippen molar-refractivity contribution >= 4 is 17.2 Å². The number of phenols is 1. The second-order valence-corrected chi connectivity index (χ2v) is 7.15. The number of aromatic nitrogens is 2. The third-order valence-corrected chi connectivity index (χ3v) is 3.98. The zero-order chi connectivity index (χ0) is 18.2. The lowest BCUT2D eigenvalue weighted by Crippen LogP contribution is -2.20. The van der Waals surface area contributed by atoms with Crippen LogP contribution >= 0.6 is 0 Å². The number of Topliss-reactive ketones (excluding diaryl/α,β-unsaturated/α-hetero) is 2. The molecule has 2 aromatic heterocycles. The Morgan fingerprint density at radius 1 is 1.04 bits per heavy atom. The van der Waals surface area contributed by atoms with Gasteiger partial charge >= 0.3 is 0 Å². The van der Waals surface area contributed by atoms with Crippen LogP contribution in [0.5, 0.6) is 5.75 Å². The molecule has 25 heavy (non-hydrogen) atoms. The molecule has 0 aliphatic carbocycles. The zero-order valence-electron chi connectivity index (χ0n) is 14.5. The summed E-state index contributed by atoms with van der Waals surface area (Å²) in [7, 11) is 0. The number of benzene rings is 1. The number of imidazole rings is 1. The van der Waals surface area contributed by atoms with Gasteiger partial charge in [-0.2, -0.15) is 0 Å². The second kappa shape index (κ2) is 6.16. The van der Waals surface area contributed by atoms with E-state index in [0.29, 0.717) is 16.9 Å². The van der Waals surface area contributed by atoms with E-state index in [0.717, 1.165) is 5.56 Å². The largest absolute Gasteiger partial charge is 0.508 e. The highest BCUT2D eigenvalue weighted by atomic mass is 16.3. The molecule has 0 aliphatic heterocycles. The summed E-state index contributed by atoms with van der Waals surface area (Å²) in [5, 5.41) is 9.30. The summed E-state index contributed by atoms with van der Waals surface area (Å²) in [6.45, 7) is 5.59. The van der Waals surface area contributed by atoms with Crippen LogP contribution in [-0.2, 0) is 6.42 Å². The van der Waals surface area contributed by atoms with Crippen molar-refractivity contribution in [1.82, 2.24) is 9.38 Å². The topological polar surface area (TPSA) is 71.7 Å². The van der Waals surface area contributed by atoms with E-state index < -0.39 is 5.41 Å². The summed E-state index contributed by atoms with van der Waals surface area (Å²) in [6.07, 6.45) is 3.76. The van der Waals surface area contributed by atoms with Crippen molar-refractivity contribution in [3.63, 3.8) is 0 Å². The molecular formula is C20H20N2O3. The van der Waals surface area contributed by atoms with E-state index in [4.69, 9.17) is 0 Å². The van der Waals surface area contributed by atoms with Crippen molar-refractivity contribution in [3.8, 4) is 5.75 Å². The van der Waals surface area contributed by atoms with E-state index in [1.54, 1.807) is 28.8 Å². The van der Waals surface area contributed by atoms with Crippen LogP contribution in [0.4, 0.5) is 0 Å². The van der Waals surface area contributed by atoms with Gasteiger partial charge in [0.2, 0.25) is 0 Å². The minimum Gasteiger partial charge on any atom is -0.508 e. The number of hydrogen-bond acceptors (Lipinski definition) is 4. The molecule has 0 unspecified atom stereocenters. The number of aromatic hydroxyl groups is 1. The lowest BCUT2D eigenvalue weighted by Gasteiger charge is -2.13. The first-order valence-corrected chi connectivity index (χ1v) is 8.09. The maximum atomic E-state index is 12.4. The average Bonchev–Trinajstić information content (AvgIpc) is 2.96. The zero-order valence-corrected chi connectivity index (χ0v) is 14.5. The van der Waals surface area contributed by atoms with Crippen LogP contribution in [0.2, 0.25) is 0 Å². The Morgan fingerprint density at radius 3 is 2.36 bits per heavy atom. The summed E-state index contributed by atoms with van der Waals surface area (Å²) < 4.78 is 1.78. The van der Waals surface area contributed by atoms with Gasteiger partial charge in [-0.1, -0.05) is 26.8 Å². The number of hydrogen-bond donors (Lipinski definition) is 1. The van der Waals surface area contributed by atoms with Crippen molar-refractivity contribution < 1.29 is 14.7 Å². The smallest absolute Gasteiger partial charge is 0.188 e. The summed E-state index contributed by atoms with van der Waals surface area (Å²) in [4.78, 5) is 29.1. The Balaban J connectivity index is 1.85. The first kappa shape index (κ1) is 16.9. The summed E-state index contributed by atoms with van der Waals surface area (Å²) in [5.74, 6) is 0.0795. The van der Waals surface area contributed by atoms with Crippen molar-refractivity contribution in [1.29, 1.82) is 0 Å². The van der Waals surface area contributed by atoms with Crippen molar-refractivity contribution in [2.75, 3.05) is 0 Å². The van der Waals surface area contributed by atoms with Crippen LogP contribution < -0.4 is 0 Å². The molecular weight excluding hydrogens is 316 g/mol. The number of phenolic OH excluding ortho intramolecular Hbond substituents is 1. The molecule has 1 N–H and O–H groups in total. The number of rotatable bonds is 4. The molecule has 0 saturated heterocycles. The molecule has 5 nitrogen and oxygen atoms in total. The van der Waals surface area contributed by atoms with E-state index in [2.05, 4.69) is 4.98 Å². The normalized spacial score (nSPS) is 11.6. The van der Waals surface area contributed by atoms with Gasteiger partial charge < -0.3 is 9.51 Å². The van der Waals surface area contributed by atoms with Crippen LogP contribution in [0.1, 0.15) is 47.2 Å². The third kappa shape index (κ3) is 3.60. The van der Waals surface area contributed by atoms with E-state index in [1.807, 2.05) is 33.0 Å². The SMILES string of the molecule is CC(C)(C)C(=O)c1cn2cc(CC(=O)c3ccc(O)cc3)ccc2n1. The molecule has 0 saturated carbocycles. The monoisotopic (exact) mass is 336 g/mol. The fourth-order valence-corrected chi connectivity index (χ4v) is 2.57. The van der Waals surface area contributed by atoms with Crippen LogP contribution in [-0.4, -0.2) is 26.1 Å². The van der Waals surface area contributed by atoms with Crippen molar-refractivity contribution in [3.05, 3.63) is 65.6 Å².